The van der Waals surface area contributed by atoms with Crippen LogP contribution in [0.4, 0.5) is 0 Å². The van der Waals surface area contributed by atoms with Gasteiger partial charge in [-0.2, -0.15) is 5.10 Å². The average molecular weight is 396 g/mol. The molecule has 0 saturated carbocycles. The minimum absolute atomic E-state index is 0.0678. The monoisotopic (exact) mass is 395 g/mol. The summed E-state index contributed by atoms with van der Waals surface area (Å²) < 4.78 is 1.78. The summed E-state index contributed by atoms with van der Waals surface area (Å²) in [6, 6.07) is 0. The molecule has 1 aliphatic rings. The molecular formula is C19H30ClN5O2. The summed E-state index contributed by atoms with van der Waals surface area (Å²) in [4.78, 5) is 30.0. The molecule has 1 saturated heterocycles. The van der Waals surface area contributed by atoms with Crippen LogP contribution < -0.4 is 0 Å². The quantitative estimate of drug-likeness (QED) is 0.688. The Bertz CT molecular complexity index is 703. The predicted octanol–water partition coefficient (Wildman–Crippen LogP) is 1.75. The highest BCUT2D eigenvalue weighted by Gasteiger charge is 2.23. The Morgan fingerprint density at radius 2 is 1.78 bits per heavy atom. The van der Waals surface area contributed by atoms with E-state index in [1.165, 1.54) is 0 Å². The molecule has 0 spiro atoms. The Morgan fingerprint density at radius 1 is 1.19 bits per heavy atom. The number of hydrogen-bond acceptors (Lipinski definition) is 4. The highest BCUT2D eigenvalue weighted by atomic mass is 35.5. The normalized spacial score (nSPS) is 15.4. The molecule has 0 aliphatic carbocycles. The van der Waals surface area contributed by atoms with Gasteiger partial charge in [0.2, 0.25) is 11.8 Å². The first-order valence-electron chi connectivity index (χ1n) is 9.31. The summed E-state index contributed by atoms with van der Waals surface area (Å²) in [7, 11) is 3.75. The molecule has 1 aromatic heterocycles. The van der Waals surface area contributed by atoms with E-state index in [2.05, 4.69) is 18.9 Å². The van der Waals surface area contributed by atoms with E-state index in [1.807, 2.05) is 30.8 Å². The smallest absolute Gasteiger partial charge is 0.246 e. The van der Waals surface area contributed by atoms with Crippen molar-refractivity contribution in [1.29, 1.82) is 0 Å². The van der Waals surface area contributed by atoms with Gasteiger partial charge in [-0.1, -0.05) is 25.4 Å². The van der Waals surface area contributed by atoms with Crippen LogP contribution in [0.5, 0.6) is 0 Å². The minimum atomic E-state index is -0.0678. The third kappa shape index (κ3) is 5.81. The number of carbonyl (C=O) groups excluding carboxylic acids is 2. The van der Waals surface area contributed by atoms with Crippen LogP contribution >= 0.6 is 11.6 Å². The Balaban J connectivity index is 1.95. The number of piperazine rings is 1. The molecule has 1 aliphatic heterocycles. The highest BCUT2D eigenvalue weighted by molar-refractivity contribution is 6.31. The van der Waals surface area contributed by atoms with Gasteiger partial charge in [0.05, 0.1) is 12.2 Å². The van der Waals surface area contributed by atoms with Gasteiger partial charge < -0.3 is 14.7 Å². The summed E-state index contributed by atoms with van der Waals surface area (Å²) in [5.41, 5.74) is 1.59. The maximum atomic E-state index is 12.5. The molecule has 8 heteroatoms. The Morgan fingerprint density at radius 3 is 2.33 bits per heavy atom. The van der Waals surface area contributed by atoms with Crippen LogP contribution in [0.25, 0.3) is 6.08 Å². The lowest BCUT2D eigenvalue weighted by molar-refractivity contribution is -0.137. The SMILES string of the molecule is Cc1nn(CC(C)C)c(Cl)c1/C=C/C(=O)N1CCN(C(=O)CN(C)C)CC1. The molecule has 1 fully saturated rings. The fraction of sp³-hybridized carbons (Fsp3) is 0.632. The van der Waals surface area contributed by atoms with Gasteiger partial charge in [-0.3, -0.25) is 14.3 Å². The Hall–Kier alpha value is -1.86. The number of amides is 2. The van der Waals surface area contributed by atoms with E-state index in [9.17, 15) is 9.59 Å². The third-order valence-electron chi connectivity index (χ3n) is 4.44. The zero-order valence-corrected chi connectivity index (χ0v) is 17.7. The number of aryl methyl sites for hydroxylation is 1. The van der Waals surface area contributed by atoms with Crippen molar-refractivity contribution >= 4 is 29.5 Å². The van der Waals surface area contributed by atoms with Crippen LogP contribution in [0.2, 0.25) is 5.15 Å². The first-order chi connectivity index (χ1) is 12.7. The maximum Gasteiger partial charge on any atom is 0.246 e. The van der Waals surface area contributed by atoms with Crippen LogP contribution in [-0.2, 0) is 16.1 Å². The van der Waals surface area contributed by atoms with Gasteiger partial charge in [-0.25, -0.2) is 0 Å². The molecule has 150 valence electrons. The summed E-state index contributed by atoms with van der Waals surface area (Å²) in [6.07, 6.45) is 3.29. The van der Waals surface area contributed by atoms with Crippen molar-refractivity contribution in [2.45, 2.75) is 27.3 Å². The van der Waals surface area contributed by atoms with Gasteiger partial charge in [0, 0.05) is 44.4 Å². The van der Waals surface area contributed by atoms with Crippen molar-refractivity contribution in [3.05, 3.63) is 22.5 Å². The van der Waals surface area contributed by atoms with Gasteiger partial charge in [-0.15, -0.1) is 0 Å². The lowest BCUT2D eigenvalue weighted by atomic mass is 10.2. The van der Waals surface area contributed by atoms with Crippen molar-refractivity contribution in [1.82, 2.24) is 24.5 Å². The van der Waals surface area contributed by atoms with E-state index >= 15 is 0 Å². The zero-order chi connectivity index (χ0) is 20.1. The number of halogens is 1. The molecule has 0 atom stereocenters. The number of rotatable bonds is 6. The van der Waals surface area contributed by atoms with E-state index in [0.717, 1.165) is 17.8 Å². The number of nitrogens with zero attached hydrogens (tertiary/aromatic N) is 5. The molecule has 0 unspecified atom stereocenters. The van der Waals surface area contributed by atoms with Gasteiger partial charge in [0.15, 0.2) is 0 Å². The van der Waals surface area contributed by atoms with Crippen molar-refractivity contribution in [2.75, 3.05) is 46.8 Å². The fourth-order valence-corrected chi connectivity index (χ4v) is 3.34. The van der Waals surface area contributed by atoms with Crippen LogP contribution in [0.1, 0.15) is 25.1 Å². The first kappa shape index (κ1) is 21.4. The Labute approximate surface area is 166 Å². The molecule has 27 heavy (non-hydrogen) atoms. The summed E-state index contributed by atoms with van der Waals surface area (Å²) in [5.74, 6) is 0.469. The second-order valence-corrected chi connectivity index (χ2v) is 8.00. The molecule has 2 rings (SSSR count). The first-order valence-corrected chi connectivity index (χ1v) is 9.69. The zero-order valence-electron chi connectivity index (χ0n) is 16.9. The second kappa shape index (κ2) is 9.37. The molecular weight excluding hydrogens is 366 g/mol. The van der Waals surface area contributed by atoms with Crippen molar-refractivity contribution in [2.24, 2.45) is 5.92 Å². The molecule has 0 radical (unpaired) electrons. The van der Waals surface area contributed by atoms with Crippen molar-refractivity contribution in [3.63, 3.8) is 0 Å². The van der Waals surface area contributed by atoms with E-state index in [-0.39, 0.29) is 11.8 Å². The average Bonchev–Trinajstić information content (AvgIpc) is 2.85. The van der Waals surface area contributed by atoms with E-state index in [1.54, 1.807) is 21.7 Å². The number of aromatic nitrogens is 2. The molecule has 1 aromatic rings. The van der Waals surface area contributed by atoms with Crippen LogP contribution in [-0.4, -0.2) is 83.1 Å². The molecule has 0 bridgehead atoms. The molecule has 0 N–H and O–H groups in total. The lowest BCUT2D eigenvalue weighted by Gasteiger charge is -2.34. The molecule has 2 amide bonds. The van der Waals surface area contributed by atoms with Crippen LogP contribution in [0.3, 0.4) is 0 Å². The predicted molar refractivity (Wildman–Crippen MR) is 108 cm³/mol. The molecule has 7 nitrogen and oxygen atoms in total. The maximum absolute atomic E-state index is 12.5. The van der Waals surface area contributed by atoms with Gasteiger partial charge >= 0.3 is 0 Å². The second-order valence-electron chi connectivity index (χ2n) is 7.64. The molecule has 2 heterocycles. The number of likely N-dealkylation sites (N-methyl/N-ethyl adjacent to an activating group) is 1. The highest BCUT2D eigenvalue weighted by Crippen LogP contribution is 2.22. The Kier molecular flexibility index (Phi) is 7.44. The lowest BCUT2D eigenvalue weighted by Crippen LogP contribution is -2.51. The van der Waals surface area contributed by atoms with E-state index in [0.29, 0.717) is 43.8 Å². The van der Waals surface area contributed by atoms with Crippen molar-refractivity contribution < 1.29 is 9.59 Å². The van der Waals surface area contributed by atoms with Crippen molar-refractivity contribution in [3.8, 4) is 0 Å². The third-order valence-corrected chi connectivity index (χ3v) is 4.83. The largest absolute Gasteiger partial charge is 0.338 e. The van der Waals surface area contributed by atoms with Gasteiger partial charge in [0.25, 0.3) is 0 Å². The molecule has 0 aromatic carbocycles. The fourth-order valence-electron chi connectivity index (χ4n) is 3.03. The van der Waals surface area contributed by atoms with E-state index < -0.39 is 0 Å². The number of hydrogen-bond donors (Lipinski definition) is 0. The summed E-state index contributed by atoms with van der Waals surface area (Å²) >= 11 is 6.41. The van der Waals surface area contributed by atoms with Gasteiger partial charge in [0.1, 0.15) is 5.15 Å². The van der Waals surface area contributed by atoms with E-state index in [4.69, 9.17) is 11.6 Å². The standard InChI is InChI=1S/C19H30ClN5O2/c1-14(2)12-25-19(20)16(15(3)21-25)6-7-17(26)23-8-10-24(11-9-23)18(27)13-22(4)5/h6-7,14H,8-13H2,1-5H3/b7-6+. The van der Waals surface area contributed by atoms with Gasteiger partial charge in [-0.05, 0) is 33.0 Å². The summed E-state index contributed by atoms with van der Waals surface area (Å²) in [5, 5.41) is 5.01. The topological polar surface area (TPSA) is 61.7 Å². The minimum Gasteiger partial charge on any atom is -0.338 e. The van der Waals surface area contributed by atoms with Crippen LogP contribution in [0, 0.1) is 12.8 Å². The van der Waals surface area contributed by atoms with Crippen LogP contribution in [0.15, 0.2) is 6.08 Å². The number of carbonyl (C=O) groups is 2. The summed E-state index contributed by atoms with van der Waals surface area (Å²) in [6.45, 7) is 9.46.